The lowest BCUT2D eigenvalue weighted by atomic mass is 10.0. The topological polar surface area (TPSA) is 40.5 Å². The fourth-order valence-electron chi connectivity index (χ4n) is 3.15. The third-order valence-electron chi connectivity index (χ3n) is 3.94. The molecule has 1 aliphatic carbocycles. The molecule has 3 heteroatoms. The molecule has 1 N–H and O–H groups in total. The van der Waals surface area contributed by atoms with Crippen LogP contribution in [0.1, 0.15) is 40.5 Å². The standard InChI is InChI=1S/C12H23N.CH2O2/c1-9-5-10-7-13(12(2,3)4)8-11(10)6-9;2-1-3/h9-11H,5-8H2,1-4H3;1H,(H,2,3). The Kier molecular flexibility index (Phi) is 4.36. The summed E-state index contributed by atoms with van der Waals surface area (Å²) in [5.41, 5.74) is 0.396. The Labute approximate surface area is 98.8 Å². The van der Waals surface area contributed by atoms with Gasteiger partial charge in [0.1, 0.15) is 0 Å². The summed E-state index contributed by atoms with van der Waals surface area (Å²) in [5, 5.41) is 6.89. The summed E-state index contributed by atoms with van der Waals surface area (Å²) < 4.78 is 0. The summed E-state index contributed by atoms with van der Waals surface area (Å²) in [4.78, 5) is 11.0. The van der Waals surface area contributed by atoms with E-state index in [0.29, 0.717) is 5.54 Å². The quantitative estimate of drug-likeness (QED) is 0.646. The maximum Gasteiger partial charge on any atom is 0.290 e. The third kappa shape index (κ3) is 3.21. The zero-order valence-electron chi connectivity index (χ0n) is 10.9. The van der Waals surface area contributed by atoms with E-state index in [-0.39, 0.29) is 6.47 Å². The molecule has 2 rings (SSSR count). The number of fused-ring (bicyclic) bond motifs is 1. The smallest absolute Gasteiger partial charge is 0.290 e. The normalized spacial score (nSPS) is 34.1. The lowest BCUT2D eigenvalue weighted by Crippen LogP contribution is -2.40. The predicted octanol–water partition coefficient (Wildman–Crippen LogP) is 2.46. The largest absolute Gasteiger partial charge is 0.483 e. The average molecular weight is 227 g/mol. The van der Waals surface area contributed by atoms with Crippen molar-refractivity contribution in [2.75, 3.05) is 13.1 Å². The van der Waals surface area contributed by atoms with Gasteiger partial charge in [-0.3, -0.25) is 9.69 Å². The first kappa shape index (κ1) is 13.5. The maximum absolute atomic E-state index is 8.36. The molecule has 1 saturated carbocycles. The second-order valence-electron chi connectivity index (χ2n) is 6.28. The van der Waals surface area contributed by atoms with Crippen LogP contribution in [-0.2, 0) is 4.79 Å². The zero-order valence-corrected chi connectivity index (χ0v) is 10.9. The molecule has 0 spiro atoms. The summed E-state index contributed by atoms with van der Waals surface area (Å²) >= 11 is 0. The van der Waals surface area contributed by atoms with Crippen LogP contribution in [0.5, 0.6) is 0 Å². The van der Waals surface area contributed by atoms with Gasteiger partial charge in [0, 0.05) is 18.6 Å². The Morgan fingerprint density at radius 1 is 1.19 bits per heavy atom. The molecule has 2 atom stereocenters. The van der Waals surface area contributed by atoms with E-state index in [0.717, 1.165) is 17.8 Å². The maximum atomic E-state index is 8.36. The Morgan fingerprint density at radius 3 is 1.88 bits per heavy atom. The molecule has 1 saturated heterocycles. The van der Waals surface area contributed by atoms with Gasteiger partial charge in [-0.15, -0.1) is 0 Å². The number of rotatable bonds is 0. The van der Waals surface area contributed by atoms with E-state index in [1.165, 1.54) is 25.9 Å². The number of nitrogens with zero attached hydrogens (tertiary/aromatic N) is 1. The Hall–Kier alpha value is -0.570. The number of hydrogen-bond donors (Lipinski definition) is 1. The summed E-state index contributed by atoms with van der Waals surface area (Å²) in [6.45, 7) is 11.9. The predicted molar refractivity (Wildman–Crippen MR) is 65.4 cm³/mol. The number of carboxylic acid groups (broad SMARTS) is 1. The summed E-state index contributed by atoms with van der Waals surface area (Å²) in [6, 6.07) is 0. The van der Waals surface area contributed by atoms with Crippen LogP contribution in [-0.4, -0.2) is 35.1 Å². The van der Waals surface area contributed by atoms with Crippen LogP contribution in [0.2, 0.25) is 0 Å². The van der Waals surface area contributed by atoms with E-state index in [9.17, 15) is 0 Å². The molecule has 1 aliphatic heterocycles. The van der Waals surface area contributed by atoms with Crippen molar-refractivity contribution >= 4 is 6.47 Å². The lowest BCUT2D eigenvalue weighted by molar-refractivity contribution is -0.122. The molecular weight excluding hydrogens is 202 g/mol. The molecule has 0 amide bonds. The van der Waals surface area contributed by atoms with Gasteiger partial charge in [0.15, 0.2) is 0 Å². The summed E-state index contributed by atoms with van der Waals surface area (Å²) in [7, 11) is 0. The molecular formula is C13H25NO2. The van der Waals surface area contributed by atoms with Crippen LogP contribution in [0.4, 0.5) is 0 Å². The van der Waals surface area contributed by atoms with E-state index in [2.05, 4.69) is 32.6 Å². The fraction of sp³-hybridized carbons (Fsp3) is 0.923. The number of hydrogen-bond acceptors (Lipinski definition) is 2. The minimum Gasteiger partial charge on any atom is -0.483 e. The molecule has 1 heterocycles. The SMILES string of the molecule is CC1CC2CN(C(C)(C)C)CC2C1.O=CO. The van der Waals surface area contributed by atoms with Gasteiger partial charge in [0.05, 0.1) is 0 Å². The second-order valence-corrected chi connectivity index (χ2v) is 6.28. The van der Waals surface area contributed by atoms with Crippen LogP contribution in [0.3, 0.4) is 0 Å². The van der Waals surface area contributed by atoms with Crippen molar-refractivity contribution in [1.82, 2.24) is 4.90 Å². The fourth-order valence-corrected chi connectivity index (χ4v) is 3.15. The van der Waals surface area contributed by atoms with Gasteiger partial charge in [-0.25, -0.2) is 0 Å². The van der Waals surface area contributed by atoms with E-state index >= 15 is 0 Å². The van der Waals surface area contributed by atoms with Gasteiger partial charge in [-0.1, -0.05) is 6.92 Å². The van der Waals surface area contributed by atoms with Gasteiger partial charge in [-0.2, -0.15) is 0 Å². The molecule has 0 aromatic rings. The molecule has 94 valence electrons. The first-order valence-corrected chi connectivity index (χ1v) is 6.21. The Balaban J connectivity index is 0.000000386. The van der Waals surface area contributed by atoms with E-state index in [1.807, 2.05) is 0 Å². The Morgan fingerprint density at radius 2 is 1.56 bits per heavy atom. The zero-order chi connectivity index (χ0) is 12.3. The molecule has 3 nitrogen and oxygen atoms in total. The van der Waals surface area contributed by atoms with Crippen molar-refractivity contribution in [2.24, 2.45) is 17.8 Å². The highest BCUT2D eigenvalue weighted by molar-refractivity contribution is 5.32. The van der Waals surface area contributed by atoms with E-state index < -0.39 is 0 Å². The number of likely N-dealkylation sites (tertiary alicyclic amines) is 1. The number of carbonyl (C=O) groups is 1. The minimum atomic E-state index is -0.250. The van der Waals surface area contributed by atoms with Gasteiger partial charge < -0.3 is 5.11 Å². The van der Waals surface area contributed by atoms with Gasteiger partial charge in [0.2, 0.25) is 0 Å². The average Bonchev–Trinajstić information content (AvgIpc) is 2.60. The highest BCUT2D eigenvalue weighted by Crippen LogP contribution is 2.42. The van der Waals surface area contributed by atoms with E-state index in [4.69, 9.17) is 9.90 Å². The monoisotopic (exact) mass is 227 g/mol. The highest BCUT2D eigenvalue weighted by atomic mass is 16.3. The molecule has 2 unspecified atom stereocenters. The van der Waals surface area contributed by atoms with Crippen molar-refractivity contribution in [3.05, 3.63) is 0 Å². The van der Waals surface area contributed by atoms with Gasteiger partial charge in [0.25, 0.3) is 6.47 Å². The van der Waals surface area contributed by atoms with Crippen molar-refractivity contribution < 1.29 is 9.90 Å². The molecule has 16 heavy (non-hydrogen) atoms. The van der Waals surface area contributed by atoms with Crippen LogP contribution in [0.15, 0.2) is 0 Å². The van der Waals surface area contributed by atoms with Crippen molar-refractivity contribution in [2.45, 2.75) is 46.1 Å². The molecule has 2 aliphatic rings. The summed E-state index contributed by atoms with van der Waals surface area (Å²) in [6.07, 6.45) is 2.97. The summed E-state index contributed by atoms with van der Waals surface area (Å²) in [5.74, 6) is 3.04. The molecule has 0 bridgehead atoms. The molecule has 0 aromatic carbocycles. The first-order valence-electron chi connectivity index (χ1n) is 6.21. The lowest BCUT2D eigenvalue weighted by Gasteiger charge is -2.32. The Bertz CT molecular complexity index is 221. The molecule has 0 aromatic heterocycles. The van der Waals surface area contributed by atoms with E-state index in [1.54, 1.807) is 0 Å². The van der Waals surface area contributed by atoms with Crippen LogP contribution in [0, 0.1) is 17.8 Å². The third-order valence-corrected chi connectivity index (χ3v) is 3.94. The highest BCUT2D eigenvalue weighted by Gasteiger charge is 2.42. The molecule has 2 fully saturated rings. The van der Waals surface area contributed by atoms with Crippen molar-refractivity contribution in [3.63, 3.8) is 0 Å². The minimum absolute atomic E-state index is 0.250. The van der Waals surface area contributed by atoms with Crippen LogP contribution < -0.4 is 0 Å². The molecule has 0 radical (unpaired) electrons. The van der Waals surface area contributed by atoms with Crippen LogP contribution >= 0.6 is 0 Å². The van der Waals surface area contributed by atoms with Gasteiger partial charge in [-0.05, 0) is 51.4 Å². The van der Waals surface area contributed by atoms with Crippen LogP contribution in [0.25, 0.3) is 0 Å². The second kappa shape index (κ2) is 5.17. The van der Waals surface area contributed by atoms with Crippen molar-refractivity contribution in [1.29, 1.82) is 0 Å². The van der Waals surface area contributed by atoms with Crippen molar-refractivity contribution in [3.8, 4) is 0 Å². The first-order chi connectivity index (χ1) is 7.38. The van der Waals surface area contributed by atoms with Gasteiger partial charge >= 0.3 is 0 Å².